The van der Waals surface area contributed by atoms with E-state index in [0.29, 0.717) is 32.9 Å². The molecule has 2 aromatic heterocycles. The van der Waals surface area contributed by atoms with Crippen LogP contribution in [0, 0.1) is 12.7 Å². The molecule has 0 bridgehead atoms. The second kappa shape index (κ2) is 8.72. The van der Waals surface area contributed by atoms with Crippen LogP contribution in [-0.4, -0.2) is 34.7 Å². The highest BCUT2D eigenvalue weighted by Crippen LogP contribution is 2.44. The van der Waals surface area contributed by atoms with Gasteiger partial charge in [0.1, 0.15) is 5.82 Å². The molecule has 4 aromatic rings. The number of aromatic nitrogens is 1. The minimum absolute atomic E-state index is 0.113. The fourth-order valence-corrected chi connectivity index (χ4v) is 5.24. The smallest absolute Gasteiger partial charge is 0.296 e. The maximum Gasteiger partial charge on any atom is 0.296 e. The standard InChI is InChI=1S/C26H19FN2O6S/c1-12-24(13(2)30)36-26(28-12)29-20(14-7-9-16(27)10-8-14)19(22(32)25(29)33)21(31)18-11-15-5-4-6-17(34-3)23(15)35-18/h4-11,20,32H,1-3H3/t20-/m1/s1. The summed E-state index contributed by atoms with van der Waals surface area (Å²) in [6.07, 6.45) is 0. The van der Waals surface area contributed by atoms with E-state index in [4.69, 9.17) is 9.15 Å². The van der Waals surface area contributed by atoms with Gasteiger partial charge in [0, 0.05) is 12.3 Å². The third kappa shape index (κ3) is 3.66. The topological polar surface area (TPSA) is 110 Å². The van der Waals surface area contributed by atoms with Gasteiger partial charge in [-0.25, -0.2) is 9.37 Å². The van der Waals surface area contributed by atoms with Crippen LogP contribution in [0.5, 0.6) is 5.75 Å². The highest BCUT2D eigenvalue weighted by atomic mass is 32.1. The summed E-state index contributed by atoms with van der Waals surface area (Å²) in [6.45, 7) is 3.01. The molecule has 10 heteroatoms. The average molecular weight is 507 g/mol. The van der Waals surface area contributed by atoms with Crippen molar-refractivity contribution in [2.45, 2.75) is 19.9 Å². The van der Waals surface area contributed by atoms with Gasteiger partial charge in [-0.2, -0.15) is 0 Å². The molecule has 0 aliphatic carbocycles. The number of ketones is 2. The Morgan fingerprint density at radius 1 is 1.19 bits per heavy atom. The molecule has 0 saturated carbocycles. The first-order valence-electron chi connectivity index (χ1n) is 10.8. The number of anilines is 1. The zero-order valence-electron chi connectivity index (χ0n) is 19.4. The van der Waals surface area contributed by atoms with Gasteiger partial charge in [0.15, 0.2) is 33.8 Å². The number of para-hydroxylation sites is 1. The van der Waals surface area contributed by atoms with E-state index in [1.54, 1.807) is 25.1 Å². The number of aliphatic hydroxyl groups is 1. The number of hydrogen-bond acceptors (Lipinski definition) is 8. The number of hydrogen-bond donors (Lipinski definition) is 1. The molecule has 1 aliphatic heterocycles. The maximum atomic E-state index is 13.7. The van der Waals surface area contributed by atoms with Gasteiger partial charge < -0.3 is 14.3 Å². The number of thiazole rings is 1. The lowest BCUT2D eigenvalue weighted by Gasteiger charge is -2.24. The van der Waals surface area contributed by atoms with Gasteiger partial charge in [-0.15, -0.1) is 0 Å². The van der Waals surface area contributed by atoms with Gasteiger partial charge in [-0.1, -0.05) is 35.6 Å². The van der Waals surface area contributed by atoms with E-state index < -0.39 is 29.3 Å². The van der Waals surface area contributed by atoms with Crippen molar-refractivity contribution in [1.29, 1.82) is 0 Å². The zero-order chi connectivity index (χ0) is 25.7. The molecule has 1 aliphatic rings. The molecule has 5 rings (SSSR count). The van der Waals surface area contributed by atoms with Crippen molar-refractivity contribution in [3.63, 3.8) is 0 Å². The highest BCUT2D eigenvalue weighted by Gasteiger charge is 2.46. The van der Waals surface area contributed by atoms with Crippen molar-refractivity contribution < 1.29 is 33.0 Å². The summed E-state index contributed by atoms with van der Waals surface area (Å²) in [7, 11) is 1.47. The number of carbonyl (C=O) groups excluding carboxylic acids is 3. The van der Waals surface area contributed by atoms with E-state index in [2.05, 4.69) is 4.98 Å². The fourth-order valence-electron chi connectivity index (χ4n) is 4.25. The Kier molecular flexibility index (Phi) is 5.68. The summed E-state index contributed by atoms with van der Waals surface area (Å²) in [6, 6.07) is 10.7. The molecular formula is C26H19FN2O6S. The Labute approximate surface area is 208 Å². The molecule has 3 heterocycles. The summed E-state index contributed by atoms with van der Waals surface area (Å²) in [4.78, 5) is 44.8. The third-order valence-corrected chi connectivity index (χ3v) is 7.16. The predicted molar refractivity (Wildman–Crippen MR) is 130 cm³/mol. The second-order valence-electron chi connectivity index (χ2n) is 8.18. The third-order valence-electron chi connectivity index (χ3n) is 5.90. The first kappa shape index (κ1) is 23.4. The summed E-state index contributed by atoms with van der Waals surface area (Å²) >= 11 is 0.972. The number of benzene rings is 2. The predicted octanol–water partition coefficient (Wildman–Crippen LogP) is 5.33. The molecule has 182 valence electrons. The van der Waals surface area contributed by atoms with Crippen LogP contribution in [0.2, 0.25) is 0 Å². The van der Waals surface area contributed by atoms with Crippen LogP contribution >= 0.6 is 11.3 Å². The summed E-state index contributed by atoms with van der Waals surface area (Å²) < 4.78 is 24.8. The molecule has 0 spiro atoms. The number of ether oxygens (including phenoxy) is 1. The van der Waals surface area contributed by atoms with Gasteiger partial charge >= 0.3 is 0 Å². The number of fused-ring (bicyclic) bond motifs is 1. The monoisotopic (exact) mass is 506 g/mol. The van der Waals surface area contributed by atoms with Gasteiger partial charge in [-0.3, -0.25) is 19.3 Å². The number of methoxy groups -OCH3 is 1. The van der Waals surface area contributed by atoms with Gasteiger partial charge in [0.2, 0.25) is 5.78 Å². The largest absolute Gasteiger partial charge is 0.503 e. The van der Waals surface area contributed by atoms with E-state index in [1.165, 1.54) is 44.4 Å². The lowest BCUT2D eigenvalue weighted by atomic mass is 9.95. The van der Waals surface area contributed by atoms with Crippen LogP contribution in [0.3, 0.4) is 0 Å². The lowest BCUT2D eigenvalue weighted by Crippen LogP contribution is -2.31. The molecule has 36 heavy (non-hydrogen) atoms. The fraction of sp³-hybridized carbons (Fsp3) is 0.154. The number of Topliss-reactive ketones (excluding diaryl/α,β-unsaturated/α-hetero) is 2. The van der Waals surface area contributed by atoms with Crippen LogP contribution in [0.4, 0.5) is 9.52 Å². The average Bonchev–Trinajstić information content (AvgIpc) is 3.53. The Hall–Kier alpha value is -4.31. The molecule has 8 nitrogen and oxygen atoms in total. The number of amides is 1. The molecular weight excluding hydrogens is 487 g/mol. The van der Waals surface area contributed by atoms with E-state index in [-0.39, 0.29) is 22.2 Å². The van der Waals surface area contributed by atoms with Gasteiger partial charge in [0.05, 0.1) is 29.3 Å². The van der Waals surface area contributed by atoms with Crippen LogP contribution in [0.15, 0.2) is 64.3 Å². The van der Waals surface area contributed by atoms with Crippen LogP contribution in [0.1, 0.15) is 44.4 Å². The van der Waals surface area contributed by atoms with E-state index in [1.807, 2.05) is 0 Å². The SMILES string of the molecule is COc1cccc2cc(C(=O)C3=C(O)C(=O)N(c4nc(C)c(C(C)=O)s4)[C@@H]3c3ccc(F)cc3)oc12. The van der Waals surface area contributed by atoms with Crippen molar-refractivity contribution in [3.05, 3.63) is 87.6 Å². The van der Waals surface area contributed by atoms with Crippen molar-refractivity contribution in [2.24, 2.45) is 0 Å². The highest BCUT2D eigenvalue weighted by molar-refractivity contribution is 7.17. The van der Waals surface area contributed by atoms with Gasteiger partial charge in [0.25, 0.3) is 5.91 Å². The lowest BCUT2D eigenvalue weighted by molar-refractivity contribution is -0.117. The minimum Gasteiger partial charge on any atom is -0.503 e. The number of aryl methyl sites for hydroxylation is 1. The number of halogens is 1. The van der Waals surface area contributed by atoms with Crippen LogP contribution < -0.4 is 9.64 Å². The Bertz CT molecular complexity index is 1580. The molecule has 0 saturated heterocycles. The number of nitrogens with zero attached hydrogens (tertiary/aromatic N) is 2. The van der Waals surface area contributed by atoms with E-state index >= 15 is 0 Å². The first-order valence-corrected chi connectivity index (χ1v) is 11.6. The maximum absolute atomic E-state index is 13.7. The molecule has 0 radical (unpaired) electrons. The van der Waals surface area contributed by atoms with E-state index in [0.717, 1.165) is 16.2 Å². The summed E-state index contributed by atoms with van der Waals surface area (Å²) in [5.74, 6) is -2.81. The number of aliphatic hydroxyl groups excluding tert-OH is 1. The number of carbonyl (C=O) groups is 3. The van der Waals surface area contributed by atoms with Crippen LogP contribution in [-0.2, 0) is 4.79 Å². The van der Waals surface area contributed by atoms with Gasteiger partial charge in [-0.05, 0) is 36.8 Å². The van der Waals surface area contributed by atoms with Crippen molar-refractivity contribution in [3.8, 4) is 5.75 Å². The molecule has 1 N–H and O–H groups in total. The molecule has 2 aromatic carbocycles. The van der Waals surface area contributed by atoms with Crippen molar-refractivity contribution in [2.75, 3.05) is 12.0 Å². The normalized spacial score (nSPS) is 15.7. The molecule has 1 atom stereocenters. The second-order valence-corrected chi connectivity index (χ2v) is 9.15. The molecule has 1 amide bonds. The Balaban J connectivity index is 1.66. The zero-order valence-corrected chi connectivity index (χ0v) is 20.2. The Morgan fingerprint density at radius 2 is 1.92 bits per heavy atom. The summed E-state index contributed by atoms with van der Waals surface area (Å²) in [5, 5.41) is 11.6. The first-order chi connectivity index (χ1) is 17.2. The van der Waals surface area contributed by atoms with Crippen molar-refractivity contribution in [1.82, 2.24) is 4.98 Å². The van der Waals surface area contributed by atoms with E-state index in [9.17, 15) is 23.9 Å². The van der Waals surface area contributed by atoms with Crippen LogP contribution in [0.25, 0.3) is 11.0 Å². The minimum atomic E-state index is -1.13. The quantitative estimate of drug-likeness (QED) is 0.352. The summed E-state index contributed by atoms with van der Waals surface area (Å²) in [5.41, 5.74) is 0.867. The number of furan rings is 1. The molecule has 0 unspecified atom stereocenters. The molecule has 0 fully saturated rings. The van der Waals surface area contributed by atoms with Crippen molar-refractivity contribution >= 4 is 44.9 Å². The number of rotatable bonds is 6. The Morgan fingerprint density at radius 3 is 2.56 bits per heavy atom.